The topological polar surface area (TPSA) is 75.2 Å². The minimum absolute atomic E-state index is 0.0627. The van der Waals surface area contributed by atoms with Crippen LogP contribution in [0, 0.1) is 0 Å². The molecule has 1 aromatic carbocycles. The zero-order valence-corrected chi connectivity index (χ0v) is 18.1. The van der Waals surface area contributed by atoms with Gasteiger partial charge in [-0.05, 0) is 45.2 Å². The highest BCUT2D eigenvalue weighted by molar-refractivity contribution is 5.79. The molecular weight excluding hydrogens is 368 g/mol. The first kappa shape index (κ1) is 22.8. The van der Waals surface area contributed by atoms with Crippen LogP contribution >= 0.6 is 0 Å². The predicted octanol–water partition coefficient (Wildman–Crippen LogP) is 2.81. The number of guanidine groups is 1. The van der Waals surface area contributed by atoms with E-state index in [0.717, 1.165) is 69.3 Å². The van der Waals surface area contributed by atoms with Gasteiger partial charge in [-0.2, -0.15) is 0 Å². The Bertz CT molecular complexity index is 651. The standard InChI is InChI=1S/C22H36N4O3/c1-4-23-22(24-13-9-15-26-14-7-5-6-12-21(26)27)25-17-18(2)29-20-11-8-10-19(16-20)28-3/h8,10-11,16,18H,4-7,9,12-15,17H2,1-3H3,(H2,23,24,25). The summed E-state index contributed by atoms with van der Waals surface area (Å²) in [5, 5.41) is 6.61. The number of carbonyl (C=O) groups excluding carboxylic acids is 1. The first-order valence-corrected chi connectivity index (χ1v) is 10.7. The fourth-order valence-electron chi connectivity index (χ4n) is 3.26. The Hall–Kier alpha value is -2.44. The average Bonchev–Trinajstić information content (AvgIpc) is 2.93. The molecule has 1 amide bonds. The van der Waals surface area contributed by atoms with Crippen molar-refractivity contribution in [1.82, 2.24) is 15.5 Å². The van der Waals surface area contributed by atoms with Crippen molar-refractivity contribution >= 4 is 11.9 Å². The van der Waals surface area contributed by atoms with Crippen LogP contribution in [0.2, 0.25) is 0 Å². The molecule has 162 valence electrons. The summed E-state index contributed by atoms with van der Waals surface area (Å²) in [5.41, 5.74) is 0. The molecule has 1 fully saturated rings. The fourth-order valence-corrected chi connectivity index (χ4v) is 3.26. The first-order valence-electron chi connectivity index (χ1n) is 10.7. The molecule has 1 atom stereocenters. The Kier molecular flexibility index (Phi) is 10.2. The van der Waals surface area contributed by atoms with Crippen molar-refractivity contribution in [1.29, 1.82) is 0 Å². The summed E-state index contributed by atoms with van der Waals surface area (Å²) in [6, 6.07) is 7.58. The maximum absolute atomic E-state index is 12.1. The molecule has 1 aliphatic heterocycles. The van der Waals surface area contributed by atoms with Gasteiger partial charge in [0.2, 0.25) is 5.91 Å². The van der Waals surface area contributed by atoms with E-state index in [0.29, 0.717) is 18.9 Å². The summed E-state index contributed by atoms with van der Waals surface area (Å²) in [4.78, 5) is 18.7. The predicted molar refractivity (Wildman–Crippen MR) is 117 cm³/mol. The molecule has 7 nitrogen and oxygen atoms in total. The van der Waals surface area contributed by atoms with Crippen molar-refractivity contribution in [3.63, 3.8) is 0 Å². The normalized spacial score (nSPS) is 16.2. The number of aliphatic imine (C=N–C) groups is 1. The van der Waals surface area contributed by atoms with Crippen molar-refractivity contribution in [2.75, 3.05) is 39.8 Å². The van der Waals surface area contributed by atoms with Gasteiger partial charge < -0.3 is 25.0 Å². The quantitative estimate of drug-likeness (QED) is 0.356. The van der Waals surface area contributed by atoms with E-state index < -0.39 is 0 Å². The lowest BCUT2D eigenvalue weighted by Gasteiger charge is -2.21. The number of hydrogen-bond donors (Lipinski definition) is 2. The van der Waals surface area contributed by atoms with Crippen LogP contribution in [0.25, 0.3) is 0 Å². The highest BCUT2D eigenvalue weighted by Crippen LogP contribution is 2.20. The minimum Gasteiger partial charge on any atom is -0.497 e. The van der Waals surface area contributed by atoms with Crippen LogP contribution in [0.1, 0.15) is 46.0 Å². The third-order valence-corrected chi connectivity index (χ3v) is 4.80. The third-order valence-electron chi connectivity index (χ3n) is 4.80. The highest BCUT2D eigenvalue weighted by atomic mass is 16.5. The Morgan fingerprint density at radius 3 is 2.86 bits per heavy atom. The molecule has 0 saturated carbocycles. The number of amides is 1. The SMILES string of the molecule is CCNC(=NCC(C)Oc1cccc(OC)c1)NCCCN1CCCCCC1=O. The second-order valence-electron chi connectivity index (χ2n) is 7.30. The molecule has 7 heteroatoms. The van der Waals surface area contributed by atoms with Crippen molar-refractivity contribution < 1.29 is 14.3 Å². The van der Waals surface area contributed by atoms with Gasteiger partial charge in [-0.25, -0.2) is 4.99 Å². The second kappa shape index (κ2) is 12.9. The number of likely N-dealkylation sites (tertiary alicyclic amines) is 1. The van der Waals surface area contributed by atoms with Crippen LogP contribution in [-0.4, -0.2) is 62.7 Å². The van der Waals surface area contributed by atoms with Crippen molar-refractivity contribution in [3.05, 3.63) is 24.3 Å². The number of benzene rings is 1. The molecule has 0 aromatic heterocycles. The third kappa shape index (κ3) is 8.62. The Morgan fingerprint density at radius 1 is 1.24 bits per heavy atom. The molecule has 1 heterocycles. The molecule has 1 unspecified atom stereocenters. The van der Waals surface area contributed by atoms with Crippen LogP contribution in [0.4, 0.5) is 0 Å². The highest BCUT2D eigenvalue weighted by Gasteiger charge is 2.15. The number of nitrogens with zero attached hydrogens (tertiary/aromatic N) is 2. The number of hydrogen-bond acceptors (Lipinski definition) is 4. The molecule has 2 N–H and O–H groups in total. The number of rotatable bonds is 10. The molecule has 1 aromatic rings. The molecular formula is C22H36N4O3. The van der Waals surface area contributed by atoms with Gasteiger partial charge in [0.05, 0.1) is 13.7 Å². The fraction of sp³-hybridized carbons (Fsp3) is 0.636. The van der Waals surface area contributed by atoms with Crippen molar-refractivity contribution in [2.45, 2.75) is 52.1 Å². The monoisotopic (exact) mass is 404 g/mol. The van der Waals surface area contributed by atoms with Gasteiger partial charge in [-0.3, -0.25) is 4.79 Å². The van der Waals surface area contributed by atoms with E-state index in [4.69, 9.17) is 9.47 Å². The maximum Gasteiger partial charge on any atom is 0.222 e. The molecule has 0 radical (unpaired) electrons. The summed E-state index contributed by atoms with van der Waals surface area (Å²) in [7, 11) is 1.64. The maximum atomic E-state index is 12.1. The van der Waals surface area contributed by atoms with Crippen LogP contribution in [0.5, 0.6) is 11.5 Å². The summed E-state index contributed by atoms with van der Waals surface area (Å²) < 4.78 is 11.2. The molecule has 1 aliphatic rings. The number of methoxy groups -OCH3 is 1. The van der Waals surface area contributed by atoms with E-state index in [2.05, 4.69) is 15.6 Å². The minimum atomic E-state index is -0.0627. The van der Waals surface area contributed by atoms with Gasteiger partial charge >= 0.3 is 0 Å². The summed E-state index contributed by atoms with van der Waals surface area (Å²) in [5.74, 6) is 2.62. The van der Waals surface area contributed by atoms with E-state index in [1.54, 1.807) is 7.11 Å². The zero-order valence-electron chi connectivity index (χ0n) is 18.1. The Labute approximate surface area is 174 Å². The number of ether oxygens (including phenoxy) is 2. The molecule has 1 saturated heterocycles. The number of carbonyl (C=O) groups is 1. The van der Waals surface area contributed by atoms with Gasteiger partial charge in [0.25, 0.3) is 0 Å². The second-order valence-corrected chi connectivity index (χ2v) is 7.30. The average molecular weight is 405 g/mol. The molecule has 0 spiro atoms. The van der Waals surface area contributed by atoms with Gasteiger partial charge in [-0.15, -0.1) is 0 Å². The van der Waals surface area contributed by atoms with E-state index in [9.17, 15) is 4.79 Å². The lowest BCUT2D eigenvalue weighted by atomic mass is 10.2. The summed E-state index contributed by atoms with van der Waals surface area (Å²) in [6.07, 6.45) is 4.85. The Morgan fingerprint density at radius 2 is 2.07 bits per heavy atom. The zero-order chi connectivity index (χ0) is 20.9. The largest absolute Gasteiger partial charge is 0.497 e. The molecule has 0 bridgehead atoms. The Balaban J connectivity index is 1.75. The smallest absolute Gasteiger partial charge is 0.222 e. The van der Waals surface area contributed by atoms with E-state index in [-0.39, 0.29) is 6.10 Å². The summed E-state index contributed by atoms with van der Waals surface area (Å²) >= 11 is 0. The van der Waals surface area contributed by atoms with Crippen molar-refractivity contribution in [3.8, 4) is 11.5 Å². The lowest BCUT2D eigenvalue weighted by molar-refractivity contribution is -0.130. The summed E-state index contributed by atoms with van der Waals surface area (Å²) in [6.45, 7) is 7.85. The van der Waals surface area contributed by atoms with Crippen molar-refractivity contribution in [2.24, 2.45) is 4.99 Å². The first-order chi connectivity index (χ1) is 14.1. The van der Waals surface area contributed by atoms with Gasteiger partial charge in [0.15, 0.2) is 5.96 Å². The lowest BCUT2D eigenvalue weighted by Crippen LogP contribution is -2.40. The van der Waals surface area contributed by atoms with Crippen LogP contribution < -0.4 is 20.1 Å². The van der Waals surface area contributed by atoms with Crippen LogP contribution in [0.15, 0.2) is 29.3 Å². The van der Waals surface area contributed by atoms with Gasteiger partial charge in [-0.1, -0.05) is 12.5 Å². The molecule has 0 aliphatic carbocycles. The van der Waals surface area contributed by atoms with Gasteiger partial charge in [0.1, 0.15) is 17.6 Å². The van der Waals surface area contributed by atoms with Crippen LogP contribution in [0.3, 0.4) is 0 Å². The molecule has 2 rings (SSSR count). The van der Waals surface area contributed by atoms with E-state index in [1.807, 2.05) is 43.0 Å². The van der Waals surface area contributed by atoms with E-state index in [1.165, 1.54) is 0 Å². The van der Waals surface area contributed by atoms with E-state index >= 15 is 0 Å². The van der Waals surface area contributed by atoms with Crippen LogP contribution in [-0.2, 0) is 4.79 Å². The number of nitrogens with one attached hydrogen (secondary N) is 2. The molecule has 29 heavy (non-hydrogen) atoms. The van der Waals surface area contributed by atoms with Gasteiger partial charge in [0, 0.05) is 38.7 Å².